The zero-order valence-corrected chi connectivity index (χ0v) is 16.9. The summed E-state index contributed by atoms with van der Waals surface area (Å²) in [5.41, 5.74) is 4.63. The van der Waals surface area contributed by atoms with Crippen LogP contribution < -0.4 is 5.32 Å². The quantitative estimate of drug-likeness (QED) is 0.492. The van der Waals surface area contributed by atoms with Crippen molar-refractivity contribution >= 4 is 23.8 Å². The van der Waals surface area contributed by atoms with Crippen molar-refractivity contribution in [1.82, 2.24) is 24.5 Å². The van der Waals surface area contributed by atoms with Crippen molar-refractivity contribution in [3.8, 4) is 17.1 Å². The molecule has 0 unspecified atom stereocenters. The Kier molecular flexibility index (Phi) is 5.09. The lowest BCUT2D eigenvalue weighted by Crippen LogP contribution is -2.19. The van der Waals surface area contributed by atoms with E-state index in [2.05, 4.69) is 20.6 Å². The van der Waals surface area contributed by atoms with Crippen LogP contribution in [0.3, 0.4) is 0 Å². The van der Waals surface area contributed by atoms with Gasteiger partial charge in [0.2, 0.25) is 5.91 Å². The van der Waals surface area contributed by atoms with Crippen molar-refractivity contribution in [2.75, 3.05) is 5.32 Å². The van der Waals surface area contributed by atoms with E-state index < -0.39 is 0 Å². The Morgan fingerprint density at radius 3 is 2.66 bits per heavy atom. The highest BCUT2D eigenvalue weighted by molar-refractivity contribution is 7.71. The molecule has 0 radical (unpaired) electrons. The second-order valence-corrected chi connectivity index (χ2v) is 7.17. The highest BCUT2D eigenvalue weighted by Gasteiger charge is 2.13. The third-order valence-corrected chi connectivity index (χ3v) is 4.89. The molecule has 1 amide bonds. The number of anilines is 1. The maximum atomic E-state index is 12.7. The average Bonchev–Trinajstić information content (AvgIpc) is 3.29. The fourth-order valence-corrected chi connectivity index (χ4v) is 3.28. The van der Waals surface area contributed by atoms with Gasteiger partial charge in [-0.3, -0.25) is 14.5 Å². The standard InChI is InChI=1S/C21H20N6OS/c1-14-6-8-16(9-7-14)20-24-25-21(29)26(20)13-19(28)23-17-4-3-5-18(12-17)27-15(2)10-11-22-27/h3-12H,13H2,1-2H3,(H,23,28)(H,25,29). The SMILES string of the molecule is Cc1ccc(-c2n[nH]c(=S)n2CC(=O)Nc2cccc(-n3nccc3C)c2)cc1. The fraction of sp³-hybridized carbons (Fsp3) is 0.143. The van der Waals surface area contributed by atoms with Crippen molar-refractivity contribution in [3.63, 3.8) is 0 Å². The first-order valence-corrected chi connectivity index (χ1v) is 9.55. The van der Waals surface area contributed by atoms with Gasteiger partial charge in [0.05, 0.1) is 5.69 Å². The van der Waals surface area contributed by atoms with Crippen LogP contribution in [0.1, 0.15) is 11.3 Å². The number of aromatic nitrogens is 5. The molecule has 0 spiro atoms. The van der Waals surface area contributed by atoms with Crippen LogP contribution in [0.5, 0.6) is 0 Å². The van der Waals surface area contributed by atoms with E-state index in [1.807, 2.05) is 73.1 Å². The second kappa shape index (κ2) is 7.84. The minimum Gasteiger partial charge on any atom is -0.324 e. The third-order valence-electron chi connectivity index (χ3n) is 4.58. The molecule has 0 saturated heterocycles. The first kappa shape index (κ1) is 18.8. The molecule has 146 valence electrons. The molecular weight excluding hydrogens is 384 g/mol. The minimum absolute atomic E-state index is 0.0591. The van der Waals surface area contributed by atoms with E-state index in [0.717, 1.165) is 22.5 Å². The molecule has 0 saturated carbocycles. The number of aromatic amines is 1. The maximum absolute atomic E-state index is 12.7. The van der Waals surface area contributed by atoms with Gasteiger partial charge in [0, 0.05) is 23.1 Å². The third kappa shape index (κ3) is 4.02. The predicted molar refractivity (Wildman–Crippen MR) is 115 cm³/mol. The summed E-state index contributed by atoms with van der Waals surface area (Å²) >= 11 is 5.32. The normalized spacial score (nSPS) is 10.8. The summed E-state index contributed by atoms with van der Waals surface area (Å²) in [7, 11) is 0. The Balaban J connectivity index is 1.54. The summed E-state index contributed by atoms with van der Waals surface area (Å²) in [6.45, 7) is 4.06. The van der Waals surface area contributed by atoms with Gasteiger partial charge in [0.15, 0.2) is 10.6 Å². The van der Waals surface area contributed by atoms with Crippen LogP contribution in [0, 0.1) is 18.6 Å². The lowest BCUT2D eigenvalue weighted by Gasteiger charge is -2.10. The molecule has 2 heterocycles. The van der Waals surface area contributed by atoms with Crippen LogP contribution in [-0.4, -0.2) is 30.5 Å². The summed E-state index contributed by atoms with van der Waals surface area (Å²) in [5, 5.41) is 14.3. The minimum atomic E-state index is -0.190. The number of nitrogens with one attached hydrogen (secondary N) is 2. The number of hydrogen-bond acceptors (Lipinski definition) is 4. The zero-order valence-electron chi connectivity index (χ0n) is 16.1. The van der Waals surface area contributed by atoms with E-state index in [1.165, 1.54) is 0 Å². The Morgan fingerprint density at radius 2 is 1.93 bits per heavy atom. The van der Waals surface area contributed by atoms with Crippen molar-refractivity contribution in [3.05, 3.63) is 76.8 Å². The largest absolute Gasteiger partial charge is 0.324 e. The van der Waals surface area contributed by atoms with Crippen molar-refractivity contribution in [2.45, 2.75) is 20.4 Å². The molecule has 2 aromatic heterocycles. The number of amides is 1. The Hall–Kier alpha value is -3.52. The van der Waals surface area contributed by atoms with Crippen molar-refractivity contribution in [2.24, 2.45) is 0 Å². The number of hydrogen-bond donors (Lipinski definition) is 2. The molecule has 7 nitrogen and oxygen atoms in total. The number of rotatable bonds is 5. The second-order valence-electron chi connectivity index (χ2n) is 6.79. The van der Waals surface area contributed by atoms with Gasteiger partial charge in [0.25, 0.3) is 0 Å². The molecule has 0 atom stereocenters. The fourth-order valence-electron chi connectivity index (χ4n) is 3.09. The number of carbonyl (C=O) groups is 1. The molecule has 0 bridgehead atoms. The maximum Gasteiger partial charge on any atom is 0.244 e. The summed E-state index contributed by atoms with van der Waals surface area (Å²) < 4.78 is 3.91. The van der Waals surface area contributed by atoms with Crippen LogP contribution in [-0.2, 0) is 11.3 Å². The van der Waals surface area contributed by atoms with Gasteiger partial charge in [-0.05, 0) is 50.3 Å². The average molecular weight is 404 g/mol. The first-order valence-electron chi connectivity index (χ1n) is 9.14. The van der Waals surface area contributed by atoms with E-state index in [1.54, 1.807) is 10.8 Å². The number of nitrogens with zero attached hydrogens (tertiary/aromatic N) is 4. The van der Waals surface area contributed by atoms with Crippen molar-refractivity contribution < 1.29 is 4.79 Å². The predicted octanol–water partition coefficient (Wildman–Crippen LogP) is 4.05. The van der Waals surface area contributed by atoms with E-state index in [4.69, 9.17) is 12.2 Å². The number of benzene rings is 2. The Morgan fingerprint density at radius 1 is 1.14 bits per heavy atom. The first-order chi connectivity index (χ1) is 14.0. The number of aryl methyl sites for hydroxylation is 2. The van der Waals surface area contributed by atoms with Gasteiger partial charge in [-0.2, -0.15) is 10.2 Å². The molecule has 2 N–H and O–H groups in total. The van der Waals surface area contributed by atoms with Gasteiger partial charge >= 0.3 is 0 Å². The zero-order chi connectivity index (χ0) is 20.4. The topological polar surface area (TPSA) is 80.5 Å². The highest BCUT2D eigenvalue weighted by atomic mass is 32.1. The van der Waals surface area contributed by atoms with Gasteiger partial charge in [-0.25, -0.2) is 4.68 Å². The summed E-state index contributed by atoms with van der Waals surface area (Å²) in [5.74, 6) is 0.441. The van der Waals surface area contributed by atoms with Crippen LogP contribution in [0.2, 0.25) is 0 Å². The lowest BCUT2D eigenvalue weighted by molar-refractivity contribution is -0.116. The Labute approximate surface area is 173 Å². The van der Waals surface area contributed by atoms with Gasteiger partial charge in [0.1, 0.15) is 6.54 Å². The van der Waals surface area contributed by atoms with Crippen LogP contribution in [0.15, 0.2) is 60.8 Å². The van der Waals surface area contributed by atoms with Gasteiger partial charge in [-0.15, -0.1) is 0 Å². The monoisotopic (exact) mass is 404 g/mol. The number of carbonyl (C=O) groups excluding carboxylic acids is 1. The van der Waals surface area contributed by atoms with Crippen molar-refractivity contribution in [1.29, 1.82) is 0 Å². The molecule has 4 aromatic rings. The van der Waals surface area contributed by atoms with Crippen LogP contribution >= 0.6 is 12.2 Å². The van der Waals surface area contributed by atoms with E-state index >= 15 is 0 Å². The van der Waals surface area contributed by atoms with Crippen LogP contribution in [0.4, 0.5) is 5.69 Å². The molecule has 0 aliphatic rings. The lowest BCUT2D eigenvalue weighted by atomic mass is 10.1. The summed E-state index contributed by atoms with van der Waals surface area (Å²) in [4.78, 5) is 12.7. The molecular formula is C21H20N6OS. The van der Waals surface area contributed by atoms with E-state index in [9.17, 15) is 4.79 Å². The highest BCUT2D eigenvalue weighted by Crippen LogP contribution is 2.19. The molecule has 0 aliphatic carbocycles. The van der Waals surface area contributed by atoms with Gasteiger partial charge < -0.3 is 5.32 Å². The molecule has 2 aromatic carbocycles. The molecule has 0 fully saturated rings. The Bertz CT molecular complexity index is 1220. The van der Waals surface area contributed by atoms with E-state index in [-0.39, 0.29) is 12.5 Å². The van der Waals surface area contributed by atoms with Gasteiger partial charge in [-0.1, -0.05) is 35.9 Å². The molecule has 29 heavy (non-hydrogen) atoms. The number of H-pyrrole nitrogens is 1. The molecule has 4 rings (SSSR count). The van der Waals surface area contributed by atoms with Crippen LogP contribution in [0.25, 0.3) is 17.1 Å². The molecule has 0 aliphatic heterocycles. The van der Waals surface area contributed by atoms with E-state index in [0.29, 0.717) is 16.3 Å². The summed E-state index contributed by atoms with van der Waals surface area (Å²) in [6, 6.07) is 17.4. The summed E-state index contributed by atoms with van der Waals surface area (Å²) in [6.07, 6.45) is 1.74. The molecule has 8 heteroatoms. The smallest absolute Gasteiger partial charge is 0.244 e.